The zero-order valence-corrected chi connectivity index (χ0v) is 11.0. The van der Waals surface area contributed by atoms with Crippen LogP contribution in [-0.4, -0.2) is 44.5 Å². The molecule has 0 amide bonds. The number of hydrogen-bond acceptors (Lipinski definition) is 5. The van der Waals surface area contributed by atoms with E-state index in [0.29, 0.717) is 18.9 Å². The standard InChI is InChI=1S/C13H19N5O/c1-2-8-14-9-12(19)10-18-16-13(15-17-18)11-6-4-3-5-7-11/h3-7,12,14,19H,2,8-10H2,1H3. The highest BCUT2D eigenvalue weighted by molar-refractivity contribution is 5.52. The van der Waals surface area contributed by atoms with Gasteiger partial charge in [0.05, 0.1) is 12.6 Å². The molecule has 0 saturated carbocycles. The summed E-state index contributed by atoms with van der Waals surface area (Å²) in [5.74, 6) is 0.578. The molecule has 1 aromatic heterocycles. The summed E-state index contributed by atoms with van der Waals surface area (Å²) in [7, 11) is 0. The molecule has 2 rings (SSSR count). The molecular weight excluding hydrogens is 242 g/mol. The molecule has 0 aliphatic carbocycles. The summed E-state index contributed by atoms with van der Waals surface area (Å²) in [5.41, 5.74) is 0.923. The number of aromatic nitrogens is 4. The lowest BCUT2D eigenvalue weighted by Crippen LogP contribution is -2.31. The van der Waals surface area contributed by atoms with Crippen LogP contribution in [0.25, 0.3) is 11.4 Å². The summed E-state index contributed by atoms with van der Waals surface area (Å²) in [6, 6.07) is 9.66. The zero-order chi connectivity index (χ0) is 13.5. The van der Waals surface area contributed by atoms with Crippen LogP contribution in [0.4, 0.5) is 0 Å². The molecule has 0 spiro atoms. The van der Waals surface area contributed by atoms with Crippen LogP contribution in [0, 0.1) is 0 Å². The quantitative estimate of drug-likeness (QED) is 0.718. The fraction of sp³-hybridized carbons (Fsp3) is 0.462. The maximum Gasteiger partial charge on any atom is 0.204 e. The number of nitrogens with one attached hydrogen (secondary N) is 1. The first-order valence-corrected chi connectivity index (χ1v) is 6.51. The summed E-state index contributed by atoms with van der Waals surface area (Å²) >= 11 is 0. The van der Waals surface area contributed by atoms with Crippen LogP contribution >= 0.6 is 0 Å². The maximum absolute atomic E-state index is 9.82. The van der Waals surface area contributed by atoms with Gasteiger partial charge in [-0.1, -0.05) is 37.3 Å². The van der Waals surface area contributed by atoms with Crippen LogP contribution in [0.1, 0.15) is 13.3 Å². The van der Waals surface area contributed by atoms with Gasteiger partial charge in [-0.15, -0.1) is 10.2 Å². The topological polar surface area (TPSA) is 75.9 Å². The first-order valence-electron chi connectivity index (χ1n) is 6.51. The van der Waals surface area contributed by atoms with Gasteiger partial charge in [-0.05, 0) is 18.2 Å². The van der Waals surface area contributed by atoms with Crippen LogP contribution < -0.4 is 5.32 Å². The van der Waals surface area contributed by atoms with Crippen molar-refractivity contribution >= 4 is 0 Å². The average molecular weight is 261 g/mol. The molecule has 6 heteroatoms. The monoisotopic (exact) mass is 261 g/mol. The Kier molecular flexibility index (Phi) is 5.00. The normalized spacial score (nSPS) is 12.5. The molecule has 0 saturated heterocycles. The highest BCUT2D eigenvalue weighted by Crippen LogP contribution is 2.11. The predicted molar refractivity (Wildman–Crippen MR) is 72.4 cm³/mol. The highest BCUT2D eigenvalue weighted by Gasteiger charge is 2.09. The van der Waals surface area contributed by atoms with Crippen LogP contribution in [0.15, 0.2) is 30.3 Å². The minimum Gasteiger partial charge on any atom is -0.390 e. The van der Waals surface area contributed by atoms with Crippen molar-refractivity contribution in [2.24, 2.45) is 0 Å². The van der Waals surface area contributed by atoms with Gasteiger partial charge in [0.15, 0.2) is 0 Å². The molecule has 0 bridgehead atoms. The fourth-order valence-corrected chi connectivity index (χ4v) is 1.72. The number of hydrogen-bond donors (Lipinski definition) is 2. The Labute approximate surface area is 112 Å². The van der Waals surface area contributed by atoms with Gasteiger partial charge in [0.2, 0.25) is 5.82 Å². The van der Waals surface area contributed by atoms with Gasteiger partial charge >= 0.3 is 0 Å². The Hall–Kier alpha value is -1.79. The van der Waals surface area contributed by atoms with E-state index in [1.165, 1.54) is 4.80 Å². The van der Waals surface area contributed by atoms with Gasteiger partial charge in [0.1, 0.15) is 0 Å². The van der Waals surface area contributed by atoms with E-state index in [0.717, 1.165) is 18.5 Å². The molecular formula is C13H19N5O. The van der Waals surface area contributed by atoms with E-state index in [1.54, 1.807) is 0 Å². The molecule has 2 aromatic rings. The predicted octanol–water partition coefficient (Wildman–Crippen LogP) is 0.701. The van der Waals surface area contributed by atoms with Crippen molar-refractivity contribution in [3.8, 4) is 11.4 Å². The molecule has 0 aliphatic rings. The molecule has 1 heterocycles. The molecule has 0 fully saturated rings. The number of rotatable bonds is 7. The third kappa shape index (κ3) is 4.11. The summed E-state index contributed by atoms with van der Waals surface area (Å²) in [6.07, 6.45) is 0.538. The Balaban J connectivity index is 1.91. The van der Waals surface area contributed by atoms with Gasteiger partial charge in [0, 0.05) is 12.1 Å². The second-order valence-corrected chi connectivity index (χ2v) is 4.39. The van der Waals surface area contributed by atoms with Gasteiger partial charge in [0.25, 0.3) is 0 Å². The van der Waals surface area contributed by atoms with E-state index in [2.05, 4.69) is 27.7 Å². The fourth-order valence-electron chi connectivity index (χ4n) is 1.72. The Morgan fingerprint density at radius 1 is 1.32 bits per heavy atom. The van der Waals surface area contributed by atoms with E-state index in [-0.39, 0.29) is 0 Å². The number of benzene rings is 1. The van der Waals surface area contributed by atoms with Crippen molar-refractivity contribution in [1.82, 2.24) is 25.5 Å². The molecule has 1 aromatic carbocycles. The third-order valence-electron chi connectivity index (χ3n) is 2.67. The van der Waals surface area contributed by atoms with Gasteiger partial charge in [-0.2, -0.15) is 4.80 Å². The molecule has 2 N–H and O–H groups in total. The van der Waals surface area contributed by atoms with E-state index in [1.807, 2.05) is 30.3 Å². The van der Waals surface area contributed by atoms with Crippen molar-refractivity contribution in [2.75, 3.05) is 13.1 Å². The van der Waals surface area contributed by atoms with Gasteiger partial charge < -0.3 is 10.4 Å². The van der Waals surface area contributed by atoms with Gasteiger partial charge in [-0.25, -0.2) is 0 Å². The van der Waals surface area contributed by atoms with Crippen molar-refractivity contribution in [3.05, 3.63) is 30.3 Å². The lowest BCUT2D eigenvalue weighted by atomic mass is 10.2. The molecule has 1 unspecified atom stereocenters. The van der Waals surface area contributed by atoms with Crippen molar-refractivity contribution in [1.29, 1.82) is 0 Å². The van der Waals surface area contributed by atoms with Crippen molar-refractivity contribution in [3.63, 3.8) is 0 Å². The second kappa shape index (κ2) is 6.96. The Morgan fingerprint density at radius 2 is 2.11 bits per heavy atom. The summed E-state index contributed by atoms with van der Waals surface area (Å²) in [5, 5.41) is 25.2. The lowest BCUT2D eigenvalue weighted by molar-refractivity contribution is 0.140. The minimum absolute atomic E-state index is 0.344. The smallest absolute Gasteiger partial charge is 0.204 e. The highest BCUT2D eigenvalue weighted by atomic mass is 16.3. The molecule has 6 nitrogen and oxygen atoms in total. The van der Waals surface area contributed by atoms with E-state index < -0.39 is 6.10 Å². The first-order chi connectivity index (χ1) is 9.29. The largest absolute Gasteiger partial charge is 0.390 e. The number of tetrazole rings is 1. The number of nitrogens with zero attached hydrogens (tertiary/aromatic N) is 4. The van der Waals surface area contributed by atoms with Crippen LogP contribution in [0.3, 0.4) is 0 Å². The first kappa shape index (κ1) is 13.6. The second-order valence-electron chi connectivity index (χ2n) is 4.39. The number of aliphatic hydroxyl groups excluding tert-OH is 1. The molecule has 0 aliphatic heterocycles. The Bertz CT molecular complexity index is 485. The Morgan fingerprint density at radius 3 is 2.84 bits per heavy atom. The summed E-state index contributed by atoms with van der Waals surface area (Å²) in [4.78, 5) is 1.43. The average Bonchev–Trinajstić information content (AvgIpc) is 2.88. The van der Waals surface area contributed by atoms with Gasteiger partial charge in [-0.3, -0.25) is 0 Å². The molecule has 102 valence electrons. The van der Waals surface area contributed by atoms with E-state index in [4.69, 9.17) is 0 Å². The SMILES string of the molecule is CCCNCC(O)Cn1nnc(-c2ccccc2)n1. The number of aliphatic hydroxyl groups is 1. The lowest BCUT2D eigenvalue weighted by Gasteiger charge is -2.09. The summed E-state index contributed by atoms with van der Waals surface area (Å²) in [6.45, 7) is 3.87. The molecule has 0 radical (unpaired) electrons. The van der Waals surface area contributed by atoms with Crippen LogP contribution in [0.5, 0.6) is 0 Å². The zero-order valence-electron chi connectivity index (χ0n) is 11.0. The molecule has 19 heavy (non-hydrogen) atoms. The van der Waals surface area contributed by atoms with E-state index >= 15 is 0 Å². The minimum atomic E-state index is -0.510. The maximum atomic E-state index is 9.82. The van der Waals surface area contributed by atoms with Crippen LogP contribution in [0.2, 0.25) is 0 Å². The summed E-state index contributed by atoms with van der Waals surface area (Å²) < 4.78 is 0. The molecule has 1 atom stereocenters. The van der Waals surface area contributed by atoms with Crippen molar-refractivity contribution < 1.29 is 5.11 Å². The van der Waals surface area contributed by atoms with E-state index in [9.17, 15) is 5.11 Å². The third-order valence-corrected chi connectivity index (χ3v) is 2.67. The van der Waals surface area contributed by atoms with Crippen molar-refractivity contribution in [2.45, 2.75) is 26.0 Å². The van der Waals surface area contributed by atoms with Crippen LogP contribution in [-0.2, 0) is 6.54 Å².